The maximum atomic E-state index is 11.7. The third-order valence-electron chi connectivity index (χ3n) is 3.49. The van der Waals surface area contributed by atoms with E-state index in [2.05, 4.69) is 26.6 Å². The summed E-state index contributed by atoms with van der Waals surface area (Å²) < 4.78 is 6.25. The van der Waals surface area contributed by atoms with E-state index in [0.717, 1.165) is 35.7 Å². The number of urea groups is 1. The first-order valence-electron chi connectivity index (χ1n) is 7.14. The van der Waals surface area contributed by atoms with Gasteiger partial charge in [0.2, 0.25) is 0 Å². The standard InChI is InChI=1S/C15H18BrClN2O3/c1-9-6-10(16)7-12(17)14(9)22-8-13(20)19-15(21)18-11-4-2-3-5-11/h6-7,11H,2-5,8H2,1H3,(H2,18,19,20,21). The summed E-state index contributed by atoms with van der Waals surface area (Å²) in [6.45, 7) is 1.57. The molecule has 3 amide bonds. The maximum Gasteiger partial charge on any atom is 0.321 e. The molecule has 120 valence electrons. The van der Waals surface area contributed by atoms with E-state index in [1.165, 1.54) is 0 Å². The molecule has 2 rings (SSSR count). The molecule has 0 saturated heterocycles. The van der Waals surface area contributed by atoms with Gasteiger partial charge in [-0.15, -0.1) is 0 Å². The molecule has 1 aliphatic rings. The molecule has 1 aromatic rings. The van der Waals surface area contributed by atoms with Crippen LogP contribution >= 0.6 is 27.5 Å². The third kappa shape index (κ3) is 4.88. The number of rotatable bonds is 4. The zero-order valence-corrected chi connectivity index (χ0v) is 14.6. The van der Waals surface area contributed by atoms with Crippen LogP contribution in [0.1, 0.15) is 31.2 Å². The second-order valence-corrected chi connectivity index (χ2v) is 6.65. The highest BCUT2D eigenvalue weighted by Crippen LogP contribution is 2.31. The van der Waals surface area contributed by atoms with Crippen molar-refractivity contribution >= 4 is 39.5 Å². The number of amides is 3. The van der Waals surface area contributed by atoms with Crippen molar-refractivity contribution in [2.45, 2.75) is 38.6 Å². The molecule has 0 radical (unpaired) electrons. The Morgan fingerprint density at radius 2 is 2.05 bits per heavy atom. The summed E-state index contributed by atoms with van der Waals surface area (Å²) in [5.74, 6) is -0.0647. The van der Waals surface area contributed by atoms with Crippen molar-refractivity contribution in [2.24, 2.45) is 0 Å². The topological polar surface area (TPSA) is 67.4 Å². The highest BCUT2D eigenvalue weighted by Gasteiger charge is 2.18. The fourth-order valence-electron chi connectivity index (χ4n) is 2.46. The number of hydrogen-bond donors (Lipinski definition) is 2. The van der Waals surface area contributed by atoms with E-state index in [1.54, 1.807) is 6.07 Å². The molecular weight excluding hydrogens is 372 g/mol. The SMILES string of the molecule is Cc1cc(Br)cc(Cl)c1OCC(=O)NC(=O)NC1CCCC1. The van der Waals surface area contributed by atoms with E-state index in [0.29, 0.717) is 10.8 Å². The van der Waals surface area contributed by atoms with Crippen molar-refractivity contribution in [2.75, 3.05) is 6.61 Å². The van der Waals surface area contributed by atoms with E-state index in [9.17, 15) is 9.59 Å². The number of aryl methyl sites for hydroxylation is 1. The van der Waals surface area contributed by atoms with Gasteiger partial charge in [-0.05, 0) is 37.5 Å². The van der Waals surface area contributed by atoms with Crippen molar-refractivity contribution in [3.05, 3.63) is 27.2 Å². The van der Waals surface area contributed by atoms with Crippen LogP contribution in [-0.4, -0.2) is 24.6 Å². The molecule has 0 atom stereocenters. The van der Waals surface area contributed by atoms with E-state index in [-0.39, 0.29) is 12.6 Å². The molecule has 0 aromatic heterocycles. The van der Waals surface area contributed by atoms with Gasteiger partial charge in [0, 0.05) is 10.5 Å². The molecule has 7 heteroatoms. The lowest BCUT2D eigenvalue weighted by Gasteiger charge is -2.13. The van der Waals surface area contributed by atoms with Crippen molar-refractivity contribution in [1.82, 2.24) is 10.6 Å². The summed E-state index contributed by atoms with van der Waals surface area (Å²) in [7, 11) is 0. The Morgan fingerprint density at radius 1 is 1.36 bits per heavy atom. The minimum Gasteiger partial charge on any atom is -0.482 e. The van der Waals surface area contributed by atoms with E-state index < -0.39 is 11.9 Å². The first-order valence-corrected chi connectivity index (χ1v) is 8.31. The van der Waals surface area contributed by atoms with Crippen LogP contribution < -0.4 is 15.4 Å². The molecule has 1 aromatic carbocycles. The Bertz CT molecular complexity index is 551. The summed E-state index contributed by atoms with van der Waals surface area (Å²) in [6, 6.07) is 3.22. The lowest BCUT2D eigenvalue weighted by molar-refractivity contribution is -0.122. The van der Waals surface area contributed by atoms with Crippen LogP contribution in [0.5, 0.6) is 5.75 Å². The number of hydrogen-bond acceptors (Lipinski definition) is 3. The van der Waals surface area contributed by atoms with Crippen molar-refractivity contribution in [3.8, 4) is 5.75 Å². The van der Waals surface area contributed by atoms with E-state index in [4.69, 9.17) is 16.3 Å². The Kier molecular flexibility index (Phi) is 6.08. The van der Waals surface area contributed by atoms with Gasteiger partial charge >= 0.3 is 6.03 Å². The van der Waals surface area contributed by atoms with Crippen molar-refractivity contribution < 1.29 is 14.3 Å². The zero-order chi connectivity index (χ0) is 16.1. The van der Waals surface area contributed by atoms with Gasteiger partial charge in [0.05, 0.1) is 5.02 Å². The number of nitrogens with one attached hydrogen (secondary N) is 2. The highest BCUT2D eigenvalue weighted by atomic mass is 79.9. The normalized spacial score (nSPS) is 14.7. The molecule has 0 spiro atoms. The quantitative estimate of drug-likeness (QED) is 0.827. The Balaban J connectivity index is 1.81. The molecule has 22 heavy (non-hydrogen) atoms. The van der Waals surface area contributed by atoms with Gasteiger partial charge in [-0.1, -0.05) is 40.4 Å². The van der Waals surface area contributed by atoms with Crippen LogP contribution in [0.15, 0.2) is 16.6 Å². The predicted molar refractivity (Wildman–Crippen MR) is 88.3 cm³/mol. The summed E-state index contributed by atoms with van der Waals surface area (Å²) >= 11 is 9.40. The second-order valence-electron chi connectivity index (χ2n) is 5.33. The summed E-state index contributed by atoms with van der Waals surface area (Å²) in [6.07, 6.45) is 4.16. The molecular formula is C15H18BrClN2O3. The van der Waals surface area contributed by atoms with Gasteiger partial charge in [-0.3, -0.25) is 10.1 Å². The molecule has 0 aliphatic heterocycles. The maximum absolute atomic E-state index is 11.7. The average Bonchev–Trinajstić information content (AvgIpc) is 2.89. The van der Waals surface area contributed by atoms with E-state index in [1.807, 2.05) is 13.0 Å². The lowest BCUT2D eigenvalue weighted by atomic mass is 10.2. The van der Waals surface area contributed by atoms with Crippen molar-refractivity contribution in [3.63, 3.8) is 0 Å². The van der Waals surface area contributed by atoms with Crippen molar-refractivity contribution in [1.29, 1.82) is 0 Å². The van der Waals surface area contributed by atoms with Crippen LogP contribution in [0.3, 0.4) is 0 Å². The number of carbonyl (C=O) groups excluding carboxylic acids is 2. The third-order valence-corrected chi connectivity index (χ3v) is 4.22. The second kappa shape index (κ2) is 7.83. The van der Waals surface area contributed by atoms with Gasteiger partial charge in [0.25, 0.3) is 5.91 Å². The molecule has 1 saturated carbocycles. The van der Waals surface area contributed by atoms with E-state index >= 15 is 0 Å². The highest BCUT2D eigenvalue weighted by molar-refractivity contribution is 9.10. The van der Waals surface area contributed by atoms with Gasteiger partial charge in [0.1, 0.15) is 5.75 Å². The molecule has 0 bridgehead atoms. The average molecular weight is 390 g/mol. The molecule has 0 unspecified atom stereocenters. The van der Waals surface area contributed by atoms with Gasteiger partial charge in [0.15, 0.2) is 6.61 Å². The van der Waals surface area contributed by atoms with Crippen LogP contribution in [0.25, 0.3) is 0 Å². The van der Waals surface area contributed by atoms with Gasteiger partial charge in [-0.25, -0.2) is 4.79 Å². The molecule has 5 nitrogen and oxygen atoms in total. The summed E-state index contributed by atoms with van der Waals surface area (Å²) in [5, 5.41) is 5.45. The largest absolute Gasteiger partial charge is 0.482 e. The first-order chi connectivity index (χ1) is 10.5. The van der Waals surface area contributed by atoms with Gasteiger partial charge < -0.3 is 10.1 Å². The number of benzene rings is 1. The minimum absolute atomic E-state index is 0.164. The Labute approximate surface area is 142 Å². The number of carbonyl (C=O) groups is 2. The number of halogens is 2. The van der Waals surface area contributed by atoms with Crippen LogP contribution in [-0.2, 0) is 4.79 Å². The van der Waals surface area contributed by atoms with Crippen LogP contribution in [0.4, 0.5) is 4.79 Å². The van der Waals surface area contributed by atoms with Crippen LogP contribution in [0.2, 0.25) is 5.02 Å². The minimum atomic E-state index is -0.506. The molecule has 1 aliphatic carbocycles. The van der Waals surface area contributed by atoms with Crippen LogP contribution in [0, 0.1) is 6.92 Å². The monoisotopic (exact) mass is 388 g/mol. The number of imide groups is 1. The number of ether oxygens (including phenoxy) is 1. The summed E-state index contributed by atoms with van der Waals surface area (Å²) in [4.78, 5) is 23.4. The lowest BCUT2D eigenvalue weighted by Crippen LogP contribution is -2.45. The van der Waals surface area contributed by atoms with Gasteiger partial charge in [-0.2, -0.15) is 0 Å². The molecule has 1 fully saturated rings. The molecule has 2 N–H and O–H groups in total. The smallest absolute Gasteiger partial charge is 0.321 e. The predicted octanol–water partition coefficient (Wildman–Crippen LogP) is 3.56. The zero-order valence-electron chi connectivity index (χ0n) is 12.2. The fourth-order valence-corrected chi connectivity index (χ4v) is 3.49. The fraction of sp³-hybridized carbons (Fsp3) is 0.467. The Morgan fingerprint density at radius 3 is 2.68 bits per heavy atom. The Hall–Kier alpha value is -1.27. The summed E-state index contributed by atoms with van der Waals surface area (Å²) in [5.41, 5.74) is 0.808. The molecule has 0 heterocycles. The first kappa shape index (κ1) is 17.1.